The second-order valence-electron chi connectivity index (χ2n) is 5.01. The fraction of sp³-hybridized carbons (Fsp3) is 0.0625. The SMILES string of the molecule is COc1ccccc1N=Nc1c(O)c2ccc([N+](=O)[O-])cc2[nH]c1=O. The van der Waals surface area contributed by atoms with Gasteiger partial charge in [0.25, 0.3) is 11.2 Å². The Morgan fingerprint density at radius 1 is 1.20 bits per heavy atom. The van der Waals surface area contributed by atoms with Gasteiger partial charge in [-0.2, -0.15) is 0 Å². The van der Waals surface area contributed by atoms with Gasteiger partial charge in [0, 0.05) is 17.5 Å². The molecule has 0 unspecified atom stereocenters. The fourth-order valence-electron chi connectivity index (χ4n) is 2.28. The maximum Gasteiger partial charge on any atom is 0.280 e. The predicted molar refractivity (Wildman–Crippen MR) is 90.1 cm³/mol. The Hall–Kier alpha value is -3.75. The van der Waals surface area contributed by atoms with Crippen molar-refractivity contribution in [2.24, 2.45) is 10.2 Å². The van der Waals surface area contributed by atoms with Crippen molar-refractivity contribution in [2.75, 3.05) is 7.11 Å². The van der Waals surface area contributed by atoms with Crippen LogP contribution in [0.5, 0.6) is 11.5 Å². The lowest BCUT2D eigenvalue weighted by atomic mass is 10.1. The summed E-state index contributed by atoms with van der Waals surface area (Å²) in [6.45, 7) is 0. The van der Waals surface area contributed by atoms with Gasteiger partial charge in [0.15, 0.2) is 11.4 Å². The number of nitrogens with one attached hydrogen (secondary N) is 1. The average Bonchev–Trinajstić information content (AvgIpc) is 2.61. The van der Waals surface area contributed by atoms with Crippen LogP contribution in [0.15, 0.2) is 57.5 Å². The van der Waals surface area contributed by atoms with Gasteiger partial charge in [-0.15, -0.1) is 10.2 Å². The molecule has 25 heavy (non-hydrogen) atoms. The monoisotopic (exact) mass is 340 g/mol. The molecule has 0 atom stereocenters. The van der Waals surface area contributed by atoms with Gasteiger partial charge < -0.3 is 14.8 Å². The smallest absolute Gasteiger partial charge is 0.280 e. The molecule has 0 aliphatic rings. The van der Waals surface area contributed by atoms with E-state index in [4.69, 9.17) is 4.74 Å². The number of aromatic amines is 1. The van der Waals surface area contributed by atoms with Gasteiger partial charge in [-0.1, -0.05) is 12.1 Å². The molecule has 1 heterocycles. The van der Waals surface area contributed by atoms with E-state index in [1.807, 2.05) is 0 Å². The molecule has 3 rings (SSSR count). The van der Waals surface area contributed by atoms with Crippen LogP contribution in [0.3, 0.4) is 0 Å². The molecule has 0 aliphatic heterocycles. The summed E-state index contributed by atoms with van der Waals surface area (Å²) in [4.78, 5) is 24.8. The van der Waals surface area contributed by atoms with E-state index in [1.54, 1.807) is 24.3 Å². The third kappa shape index (κ3) is 3.02. The van der Waals surface area contributed by atoms with E-state index in [-0.39, 0.29) is 22.3 Å². The molecule has 0 bridgehead atoms. The van der Waals surface area contributed by atoms with Crippen molar-refractivity contribution < 1.29 is 14.8 Å². The zero-order chi connectivity index (χ0) is 18.0. The molecule has 0 radical (unpaired) electrons. The molecule has 0 amide bonds. The predicted octanol–water partition coefficient (Wildman–Crippen LogP) is 3.57. The molecule has 0 spiro atoms. The van der Waals surface area contributed by atoms with E-state index in [0.29, 0.717) is 11.4 Å². The van der Waals surface area contributed by atoms with Crippen LogP contribution in [0, 0.1) is 10.1 Å². The zero-order valence-electron chi connectivity index (χ0n) is 13.0. The third-order valence-corrected chi connectivity index (χ3v) is 3.50. The van der Waals surface area contributed by atoms with E-state index in [9.17, 15) is 20.0 Å². The second-order valence-corrected chi connectivity index (χ2v) is 5.01. The number of pyridine rings is 1. The van der Waals surface area contributed by atoms with Crippen molar-refractivity contribution in [1.29, 1.82) is 0 Å². The molecule has 0 saturated heterocycles. The minimum atomic E-state index is -0.718. The summed E-state index contributed by atoms with van der Waals surface area (Å²) in [5, 5.41) is 29.1. The molecule has 3 aromatic rings. The van der Waals surface area contributed by atoms with Crippen LogP contribution in [-0.2, 0) is 0 Å². The number of H-pyrrole nitrogens is 1. The van der Waals surface area contributed by atoms with Crippen LogP contribution in [-0.4, -0.2) is 22.1 Å². The number of aromatic nitrogens is 1. The number of nitro groups is 1. The number of methoxy groups -OCH3 is 1. The van der Waals surface area contributed by atoms with Crippen LogP contribution < -0.4 is 10.3 Å². The Morgan fingerprint density at radius 3 is 2.68 bits per heavy atom. The van der Waals surface area contributed by atoms with Gasteiger partial charge in [0.05, 0.1) is 17.5 Å². The number of para-hydroxylation sites is 1. The third-order valence-electron chi connectivity index (χ3n) is 3.50. The van der Waals surface area contributed by atoms with Gasteiger partial charge >= 0.3 is 0 Å². The molecular formula is C16H12N4O5. The Bertz CT molecular complexity index is 1060. The van der Waals surface area contributed by atoms with Crippen LogP contribution in [0.2, 0.25) is 0 Å². The molecular weight excluding hydrogens is 328 g/mol. The zero-order valence-corrected chi connectivity index (χ0v) is 13.0. The van der Waals surface area contributed by atoms with E-state index in [1.165, 1.54) is 19.2 Å². The number of hydrogen-bond acceptors (Lipinski definition) is 7. The van der Waals surface area contributed by atoms with Crippen molar-refractivity contribution in [3.8, 4) is 11.5 Å². The van der Waals surface area contributed by atoms with Crippen LogP contribution in [0.1, 0.15) is 0 Å². The number of non-ortho nitro benzene ring substituents is 1. The number of rotatable bonds is 4. The number of nitro benzene ring substituents is 1. The van der Waals surface area contributed by atoms with Crippen molar-refractivity contribution in [3.63, 3.8) is 0 Å². The number of nitrogens with zero attached hydrogens (tertiary/aromatic N) is 3. The number of benzene rings is 2. The highest BCUT2D eigenvalue weighted by Crippen LogP contribution is 2.34. The number of ether oxygens (including phenoxy) is 1. The topological polar surface area (TPSA) is 130 Å². The van der Waals surface area contributed by atoms with Crippen LogP contribution in [0.25, 0.3) is 10.9 Å². The van der Waals surface area contributed by atoms with Crippen molar-refractivity contribution in [1.82, 2.24) is 4.98 Å². The van der Waals surface area contributed by atoms with Crippen LogP contribution >= 0.6 is 0 Å². The normalized spacial score (nSPS) is 11.1. The molecule has 9 heteroatoms. The summed E-state index contributed by atoms with van der Waals surface area (Å²) in [6.07, 6.45) is 0. The first-order valence-electron chi connectivity index (χ1n) is 7.09. The summed E-state index contributed by atoms with van der Waals surface area (Å²) < 4.78 is 5.13. The molecule has 126 valence electrons. The Morgan fingerprint density at radius 2 is 1.96 bits per heavy atom. The number of fused-ring (bicyclic) bond motifs is 1. The highest BCUT2D eigenvalue weighted by molar-refractivity contribution is 5.90. The minimum Gasteiger partial charge on any atom is -0.505 e. The molecule has 0 aliphatic carbocycles. The number of aromatic hydroxyl groups is 1. The summed E-state index contributed by atoms with van der Waals surface area (Å²) >= 11 is 0. The lowest BCUT2D eigenvalue weighted by Crippen LogP contribution is -2.05. The average molecular weight is 340 g/mol. The Kier molecular flexibility index (Phi) is 4.12. The fourth-order valence-corrected chi connectivity index (χ4v) is 2.28. The van der Waals surface area contributed by atoms with E-state index < -0.39 is 16.2 Å². The number of azo groups is 1. The number of hydrogen-bond donors (Lipinski definition) is 2. The second kappa shape index (κ2) is 6.40. The molecule has 9 nitrogen and oxygen atoms in total. The first-order valence-corrected chi connectivity index (χ1v) is 7.09. The van der Waals surface area contributed by atoms with E-state index in [2.05, 4.69) is 15.2 Å². The van der Waals surface area contributed by atoms with E-state index in [0.717, 1.165) is 6.07 Å². The quantitative estimate of drug-likeness (QED) is 0.426. The lowest BCUT2D eigenvalue weighted by molar-refractivity contribution is -0.384. The summed E-state index contributed by atoms with van der Waals surface area (Å²) in [5.74, 6) is 0.0471. The maximum atomic E-state index is 12.1. The lowest BCUT2D eigenvalue weighted by Gasteiger charge is -2.04. The van der Waals surface area contributed by atoms with Gasteiger partial charge in [-0.3, -0.25) is 14.9 Å². The first-order chi connectivity index (χ1) is 12.0. The Labute approximate surface area is 140 Å². The van der Waals surface area contributed by atoms with Crippen molar-refractivity contribution >= 4 is 28.0 Å². The molecule has 0 saturated carbocycles. The maximum absolute atomic E-state index is 12.1. The van der Waals surface area contributed by atoms with E-state index >= 15 is 0 Å². The van der Waals surface area contributed by atoms with Gasteiger partial charge in [0.2, 0.25) is 0 Å². The minimum absolute atomic E-state index is 0.132. The van der Waals surface area contributed by atoms with Gasteiger partial charge in [-0.25, -0.2) is 0 Å². The summed E-state index contributed by atoms with van der Waals surface area (Å²) in [7, 11) is 1.47. The highest BCUT2D eigenvalue weighted by atomic mass is 16.6. The standard InChI is InChI=1S/C16H12N4O5/c1-25-13-5-3-2-4-11(13)18-19-14-15(21)10-7-6-9(20(23)24)8-12(10)17-16(14)22/h2-8H,1H3,(H2,17,21,22). The van der Waals surface area contributed by atoms with Crippen LogP contribution in [0.4, 0.5) is 17.1 Å². The van der Waals surface area contributed by atoms with Crippen molar-refractivity contribution in [3.05, 3.63) is 62.9 Å². The summed E-state index contributed by atoms with van der Waals surface area (Å²) in [5.41, 5.74) is -0.706. The highest BCUT2D eigenvalue weighted by Gasteiger charge is 2.15. The molecule has 2 N–H and O–H groups in total. The molecule has 1 aromatic heterocycles. The van der Waals surface area contributed by atoms with Crippen molar-refractivity contribution in [2.45, 2.75) is 0 Å². The largest absolute Gasteiger partial charge is 0.505 e. The molecule has 0 fully saturated rings. The summed E-state index contributed by atoms with van der Waals surface area (Å²) in [6, 6.07) is 10.5. The van der Waals surface area contributed by atoms with Gasteiger partial charge in [0.1, 0.15) is 11.4 Å². The first kappa shape index (κ1) is 16.1. The Balaban J connectivity index is 2.11. The molecule has 2 aromatic carbocycles. The van der Waals surface area contributed by atoms with Gasteiger partial charge in [-0.05, 0) is 18.2 Å².